The summed E-state index contributed by atoms with van der Waals surface area (Å²) in [6.07, 6.45) is 0. The fourth-order valence-electron chi connectivity index (χ4n) is 1.39. The summed E-state index contributed by atoms with van der Waals surface area (Å²) < 4.78 is 0. The Morgan fingerprint density at radius 2 is 1.94 bits per heavy atom. The minimum absolute atomic E-state index is 0.0146. The molecule has 0 saturated heterocycles. The van der Waals surface area contributed by atoms with Gasteiger partial charge in [0, 0.05) is 18.0 Å². The molecule has 2 N–H and O–H groups in total. The molecular formula is C14H21NO2. The van der Waals surface area contributed by atoms with Crippen molar-refractivity contribution >= 4 is 5.91 Å². The summed E-state index contributed by atoms with van der Waals surface area (Å²) in [5.74, 6) is 0.172. The molecule has 1 aromatic rings. The highest BCUT2D eigenvalue weighted by atomic mass is 16.3. The number of hydrogen-bond donors (Lipinski definition) is 2. The first kappa shape index (κ1) is 13.6. The van der Waals surface area contributed by atoms with Gasteiger partial charge in [0.2, 0.25) is 5.91 Å². The number of amides is 1. The molecule has 0 bridgehead atoms. The van der Waals surface area contributed by atoms with Crippen LogP contribution in [-0.4, -0.2) is 11.0 Å². The molecule has 94 valence electrons. The quantitative estimate of drug-likeness (QED) is 0.846. The molecule has 1 aromatic carbocycles. The molecule has 0 aliphatic heterocycles. The van der Waals surface area contributed by atoms with Crippen molar-refractivity contribution in [3.8, 4) is 5.75 Å². The van der Waals surface area contributed by atoms with Gasteiger partial charge in [-0.05, 0) is 11.5 Å². The second kappa shape index (κ2) is 5.21. The van der Waals surface area contributed by atoms with E-state index >= 15 is 0 Å². The summed E-state index contributed by atoms with van der Waals surface area (Å²) in [5.41, 5.74) is 0.685. The number of carbonyl (C=O) groups excluding carboxylic acids is 1. The maximum atomic E-state index is 11.9. The molecule has 0 aromatic heterocycles. The van der Waals surface area contributed by atoms with Crippen LogP contribution in [0.4, 0.5) is 0 Å². The van der Waals surface area contributed by atoms with Crippen LogP contribution in [-0.2, 0) is 11.3 Å². The third kappa shape index (κ3) is 3.77. The van der Waals surface area contributed by atoms with Gasteiger partial charge in [-0.25, -0.2) is 0 Å². The average Bonchev–Trinajstić information content (AvgIpc) is 2.25. The smallest absolute Gasteiger partial charge is 0.223 e. The van der Waals surface area contributed by atoms with E-state index in [-0.39, 0.29) is 23.0 Å². The van der Waals surface area contributed by atoms with Gasteiger partial charge >= 0.3 is 0 Å². The molecule has 1 unspecified atom stereocenters. The average molecular weight is 235 g/mol. The number of hydrogen-bond acceptors (Lipinski definition) is 2. The summed E-state index contributed by atoms with van der Waals surface area (Å²) in [6.45, 7) is 8.40. The molecule has 1 atom stereocenters. The Balaban J connectivity index is 2.58. The number of phenols is 1. The van der Waals surface area contributed by atoms with E-state index in [2.05, 4.69) is 5.32 Å². The predicted molar refractivity (Wildman–Crippen MR) is 68.6 cm³/mol. The molecule has 1 amide bonds. The number of benzene rings is 1. The van der Waals surface area contributed by atoms with Crippen LogP contribution in [0.5, 0.6) is 5.75 Å². The van der Waals surface area contributed by atoms with Crippen LogP contribution in [0.25, 0.3) is 0 Å². The van der Waals surface area contributed by atoms with Crippen LogP contribution in [0.1, 0.15) is 33.3 Å². The summed E-state index contributed by atoms with van der Waals surface area (Å²) in [7, 11) is 0. The zero-order chi connectivity index (χ0) is 13.1. The molecule has 17 heavy (non-hydrogen) atoms. The normalized spacial score (nSPS) is 13.2. The third-order valence-electron chi connectivity index (χ3n) is 3.14. The molecule has 0 saturated carbocycles. The Kier molecular flexibility index (Phi) is 4.16. The van der Waals surface area contributed by atoms with E-state index in [0.29, 0.717) is 6.54 Å². The van der Waals surface area contributed by atoms with Gasteiger partial charge < -0.3 is 10.4 Å². The number of nitrogens with one attached hydrogen (secondary N) is 1. The molecule has 0 aliphatic carbocycles. The van der Waals surface area contributed by atoms with Crippen LogP contribution >= 0.6 is 0 Å². The first-order valence-corrected chi connectivity index (χ1v) is 5.87. The van der Waals surface area contributed by atoms with Gasteiger partial charge in [0.25, 0.3) is 0 Å². The minimum atomic E-state index is -0.0617. The SMILES string of the molecule is CC(C(=O)NCc1ccccc1O)C(C)(C)C. The Hall–Kier alpha value is -1.51. The lowest BCUT2D eigenvalue weighted by Gasteiger charge is -2.26. The van der Waals surface area contributed by atoms with Gasteiger partial charge in [-0.2, -0.15) is 0 Å². The first-order chi connectivity index (χ1) is 7.82. The fraction of sp³-hybridized carbons (Fsp3) is 0.500. The molecule has 3 nitrogen and oxygen atoms in total. The van der Waals surface area contributed by atoms with Gasteiger partial charge in [0.05, 0.1) is 0 Å². The molecule has 0 aliphatic rings. The van der Waals surface area contributed by atoms with E-state index in [1.54, 1.807) is 18.2 Å². The van der Waals surface area contributed by atoms with Gasteiger partial charge in [-0.1, -0.05) is 45.9 Å². The van der Waals surface area contributed by atoms with Crippen molar-refractivity contribution in [1.82, 2.24) is 5.32 Å². The largest absolute Gasteiger partial charge is 0.508 e. The van der Waals surface area contributed by atoms with Crippen molar-refractivity contribution in [2.75, 3.05) is 0 Å². The van der Waals surface area contributed by atoms with Crippen LogP contribution in [0.2, 0.25) is 0 Å². The van der Waals surface area contributed by atoms with Gasteiger partial charge in [0.1, 0.15) is 5.75 Å². The molecule has 0 fully saturated rings. The summed E-state index contributed by atoms with van der Waals surface area (Å²) in [4.78, 5) is 11.9. The van der Waals surface area contributed by atoms with E-state index in [4.69, 9.17) is 0 Å². The van der Waals surface area contributed by atoms with E-state index in [1.807, 2.05) is 33.8 Å². The third-order valence-corrected chi connectivity index (χ3v) is 3.14. The Labute approximate surface area is 103 Å². The monoisotopic (exact) mass is 235 g/mol. The summed E-state index contributed by atoms with van der Waals surface area (Å²) >= 11 is 0. The van der Waals surface area contributed by atoms with Crippen LogP contribution in [0.3, 0.4) is 0 Å². The number of para-hydroxylation sites is 1. The lowest BCUT2D eigenvalue weighted by atomic mass is 9.81. The lowest BCUT2D eigenvalue weighted by Crippen LogP contribution is -2.35. The first-order valence-electron chi connectivity index (χ1n) is 5.87. The maximum Gasteiger partial charge on any atom is 0.223 e. The molecule has 3 heteroatoms. The minimum Gasteiger partial charge on any atom is -0.508 e. The molecule has 0 radical (unpaired) electrons. The second-order valence-corrected chi connectivity index (χ2v) is 5.43. The summed E-state index contributed by atoms with van der Waals surface area (Å²) in [6, 6.07) is 7.03. The molecule has 0 spiro atoms. The topological polar surface area (TPSA) is 49.3 Å². The molecule has 0 heterocycles. The standard InChI is InChI=1S/C14H21NO2/c1-10(14(2,3)4)13(17)15-9-11-7-5-6-8-12(11)16/h5-8,10,16H,9H2,1-4H3,(H,15,17). The van der Waals surface area contributed by atoms with Crippen LogP contribution < -0.4 is 5.32 Å². The maximum absolute atomic E-state index is 11.9. The van der Waals surface area contributed by atoms with E-state index in [9.17, 15) is 9.90 Å². The lowest BCUT2D eigenvalue weighted by molar-refractivity contribution is -0.127. The predicted octanol–water partition coefficient (Wildman–Crippen LogP) is 2.69. The number of phenolic OH excluding ortho intramolecular Hbond substituents is 1. The van der Waals surface area contributed by atoms with E-state index in [1.165, 1.54) is 0 Å². The highest BCUT2D eigenvalue weighted by Gasteiger charge is 2.26. The zero-order valence-corrected chi connectivity index (χ0v) is 10.9. The number of carbonyl (C=O) groups is 1. The highest BCUT2D eigenvalue weighted by molar-refractivity contribution is 5.79. The van der Waals surface area contributed by atoms with Crippen LogP contribution in [0, 0.1) is 11.3 Å². The van der Waals surface area contributed by atoms with Crippen molar-refractivity contribution < 1.29 is 9.90 Å². The molecular weight excluding hydrogens is 214 g/mol. The van der Waals surface area contributed by atoms with Gasteiger partial charge in [0.15, 0.2) is 0 Å². The fourth-order valence-corrected chi connectivity index (χ4v) is 1.39. The number of aromatic hydroxyl groups is 1. The Bertz CT molecular complexity index is 393. The zero-order valence-electron chi connectivity index (χ0n) is 10.9. The van der Waals surface area contributed by atoms with E-state index < -0.39 is 0 Å². The number of rotatable bonds is 3. The van der Waals surface area contributed by atoms with Crippen molar-refractivity contribution in [3.05, 3.63) is 29.8 Å². The van der Waals surface area contributed by atoms with Crippen LogP contribution in [0.15, 0.2) is 24.3 Å². The van der Waals surface area contributed by atoms with Crippen molar-refractivity contribution in [2.24, 2.45) is 11.3 Å². The second-order valence-electron chi connectivity index (χ2n) is 5.43. The Morgan fingerprint density at radius 1 is 1.35 bits per heavy atom. The van der Waals surface area contributed by atoms with Gasteiger partial charge in [-0.15, -0.1) is 0 Å². The van der Waals surface area contributed by atoms with Crippen molar-refractivity contribution in [3.63, 3.8) is 0 Å². The Morgan fingerprint density at radius 3 is 2.47 bits per heavy atom. The summed E-state index contributed by atoms with van der Waals surface area (Å²) in [5, 5.41) is 12.4. The van der Waals surface area contributed by atoms with E-state index in [0.717, 1.165) is 5.56 Å². The highest BCUT2D eigenvalue weighted by Crippen LogP contribution is 2.25. The van der Waals surface area contributed by atoms with Crippen molar-refractivity contribution in [1.29, 1.82) is 0 Å². The van der Waals surface area contributed by atoms with Crippen molar-refractivity contribution in [2.45, 2.75) is 34.2 Å². The van der Waals surface area contributed by atoms with Gasteiger partial charge in [-0.3, -0.25) is 4.79 Å². The molecule has 1 rings (SSSR count).